The Balaban J connectivity index is 2.67. The molecule has 2 rings (SSSR count). The molecule has 0 aliphatic carbocycles. The van der Waals surface area contributed by atoms with Crippen LogP contribution in [0.1, 0.15) is 43.9 Å². The van der Waals surface area contributed by atoms with Crippen molar-refractivity contribution >= 4 is 17.0 Å². The fraction of sp³-hybridized carbons (Fsp3) is 0.500. The monoisotopic (exact) mass is 290 g/mol. The summed E-state index contributed by atoms with van der Waals surface area (Å²) >= 11 is 0. The van der Waals surface area contributed by atoms with Gasteiger partial charge in [0.05, 0.1) is 29.2 Å². The van der Waals surface area contributed by atoms with Gasteiger partial charge in [-0.05, 0) is 25.1 Å². The van der Waals surface area contributed by atoms with Crippen LogP contribution in [-0.4, -0.2) is 33.8 Å². The van der Waals surface area contributed by atoms with Crippen molar-refractivity contribution in [2.45, 2.75) is 45.8 Å². The van der Waals surface area contributed by atoms with Gasteiger partial charge in [0.25, 0.3) is 0 Å². The van der Waals surface area contributed by atoms with E-state index in [0.717, 1.165) is 16.9 Å². The number of aromatic nitrogens is 2. The number of rotatable bonds is 4. The third kappa shape index (κ3) is 3.08. The molecule has 1 heterocycles. The summed E-state index contributed by atoms with van der Waals surface area (Å²) in [5.74, 6) is 0.00527. The minimum Gasteiger partial charge on any atom is -0.478 e. The van der Waals surface area contributed by atoms with Crippen molar-refractivity contribution in [1.29, 1.82) is 0 Å². The fourth-order valence-electron chi connectivity index (χ4n) is 2.34. The Labute approximate surface area is 124 Å². The summed E-state index contributed by atoms with van der Waals surface area (Å²) in [6.07, 6.45) is 0.0250. The highest BCUT2D eigenvalue weighted by Gasteiger charge is 2.24. The number of carboxylic acid groups (broad SMARTS) is 1. The standard InChI is InChI=1S/C16H22N2O3/c1-10(21-5)9-18-13-8-11(14(19)20)6-7-12(13)17-15(18)16(2,3)4/h6-8,10H,9H2,1-5H3,(H,19,20). The SMILES string of the molecule is COC(C)Cn1c(C(C)(C)C)nc2ccc(C(=O)O)cc21. The van der Waals surface area contributed by atoms with Crippen LogP contribution in [0.2, 0.25) is 0 Å². The molecule has 0 radical (unpaired) electrons. The maximum atomic E-state index is 11.2. The summed E-state index contributed by atoms with van der Waals surface area (Å²) < 4.78 is 7.42. The molecule has 2 aromatic rings. The second-order valence-electron chi connectivity index (χ2n) is 6.35. The lowest BCUT2D eigenvalue weighted by atomic mass is 9.95. The Morgan fingerprint density at radius 1 is 1.43 bits per heavy atom. The summed E-state index contributed by atoms with van der Waals surface area (Å²) in [5.41, 5.74) is 1.79. The van der Waals surface area contributed by atoms with E-state index in [2.05, 4.69) is 30.3 Å². The van der Waals surface area contributed by atoms with Crippen LogP contribution >= 0.6 is 0 Å². The number of methoxy groups -OCH3 is 1. The van der Waals surface area contributed by atoms with E-state index >= 15 is 0 Å². The van der Waals surface area contributed by atoms with Gasteiger partial charge in [-0.3, -0.25) is 0 Å². The Morgan fingerprint density at radius 2 is 2.10 bits per heavy atom. The largest absolute Gasteiger partial charge is 0.478 e. The number of carboxylic acids is 1. The third-order valence-electron chi connectivity index (χ3n) is 3.51. The van der Waals surface area contributed by atoms with Crippen LogP contribution in [0.3, 0.4) is 0 Å². The molecule has 5 nitrogen and oxygen atoms in total. The molecule has 21 heavy (non-hydrogen) atoms. The molecule has 0 aliphatic heterocycles. The molecule has 0 fully saturated rings. The zero-order chi connectivity index (χ0) is 15.8. The van der Waals surface area contributed by atoms with E-state index in [1.165, 1.54) is 0 Å². The topological polar surface area (TPSA) is 64.4 Å². The molecule has 0 amide bonds. The second kappa shape index (κ2) is 5.48. The number of imidazole rings is 1. The fourth-order valence-corrected chi connectivity index (χ4v) is 2.34. The predicted octanol–water partition coefficient (Wildman–Crippen LogP) is 3.07. The van der Waals surface area contributed by atoms with Crippen molar-refractivity contribution in [2.24, 2.45) is 0 Å². The average molecular weight is 290 g/mol. The van der Waals surface area contributed by atoms with Gasteiger partial charge in [0, 0.05) is 12.5 Å². The molecule has 0 aliphatic rings. The lowest BCUT2D eigenvalue weighted by Crippen LogP contribution is -2.23. The maximum Gasteiger partial charge on any atom is 0.335 e. The Kier molecular flexibility index (Phi) is 4.05. The van der Waals surface area contributed by atoms with Crippen LogP contribution in [0.25, 0.3) is 11.0 Å². The first-order valence-corrected chi connectivity index (χ1v) is 7.01. The van der Waals surface area contributed by atoms with Crippen molar-refractivity contribution < 1.29 is 14.6 Å². The van der Waals surface area contributed by atoms with Gasteiger partial charge in [0.15, 0.2) is 0 Å². The minimum absolute atomic E-state index is 0.0250. The van der Waals surface area contributed by atoms with Crippen molar-refractivity contribution in [1.82, 2.24) is 9.55 Å². The number of fused-ring (bicyclic) bond motifs is 1. The molecule has 5 heteroatoms. The summed E-state index contributed by atoms with van der Waals surface area (Å²) in [7, 11) is 1.67. The highest BCUT2D eigenvalue weighted by Crippen LogP contribution is 2.27. The molecule has 1 atom stereocenters. The van der Waals surface area contributed by atoms with Gasteiger partial charge in [-0.1, -0.05) is 20.8 Å². The van der Waals surface area contributed by atoms with Gasteiger partial charge in [-0.25, -0.2) is 9.78 Å². The smallest absolute Gasteiger partial charge is 0.335 e. The lowest BCUT2D eigenvalue weighted by molar-refractivity contribution is 0.0697. The highest BCUT2D eigenvalue weighted by molar-refractivity contribution is 5.92. The first kappa shape index (κ1) is 15.5. The molecule has 0 saturated heterocycles. The first-order valence-electron chi connectivity index (χ1n) is 7.01. The maximum absolute atomic E-state index is 11.2. The van der Waals surface area contributed by atoms with E-state index in [4.69, 9.17) is 4.74 Å². The quantitative estimate of drug-likeness (QED) is 0.940. The molecular weight excluding hydrogens is 268 g/mol. The Morgan fingerprint density at radius 3 is 2.62 bits per heavy atom. The Bertz CT molecular complexity index is 668. The van der Waals surface area contributed by atoms with Crippen LogP contribution in [0, 0.1) is 0 Å². The predicted molar refractivity (Wildman–Crippen MR) is 81.9 cm³/mol. The third-order valence-corrected chi connectivity index (χ3v) is 3.51. The number of carbonyl (C=O) groups is 1. The number of nitrogens with zero attached hydrogens (tertiary/aromatic N) is 2. The van der Waals surface area contributed by atoms with E-state index < -0.39 is 5.97 Å². The number of aromatic carboxylic acids is 1. The average Bonchev–Trinajstić information content (AvgIpc) is 2.76. The van der Waals surface area contributed by atoms with Crippen LogP contribution < -0.4 is 0 Å². The summed E-state index contributed by atoms with van der Waals surface area (Å²) in [6, 6.07) is 5.04. The van der Waals surface area contributed by atoms with Gasteiger partial charge in [0.1, 0.15) is 5.82 Å². The molecule has 114 valence electrons. The number of hydrogen-bond acceptors (Lipinski definition) is 3. The van der Waals surface area contributed by atoms with Crippen LogP contribution in [-0.2, 0) is 16.7 Å². The van der Waals surface area contributed by atoms with Gasteiger partial charge < -0.3 is 14.4 Å². The van der Waals surface area contributed by atoms with Gasteiger partial charge >= 0.3 is 5.97 Å². The Hall–Kier alpha value is -1.88. The van der Waals surface area contributed by atoms with Crippen LogP contribution in [0.15, 0.2) is 18.2 Å². The molecule has 0 saturated carbocycles. The molecule has 0 spiro atoms. The summed E-state index contributed by atoms with van der Waals surface area (Å²) in [6.45, 7) is 8.92. The molecule has 1 unspecified atom stereocenters. The van der Waals surface area contributed by atoms with Gasteiger partial charge in [-0.2, -0.15) is 0 Å². The minimum atomic E-state index is -0.929. The van der Waals surface area contributed by atoms with E-state index in [0.29, 0.717) is 6.54 Å². The number of benzene rings is 1. The number of ether oxygens (including phenoxy) is 1. The normalized spacial score (nSPS) is 13.6. The zero-order valence-electron chi connectivity index (χ0n) is 13.2. The van der Waals surface area contributed by atoms with Crippen LogP contribution in [0.4, 0.5) is 0 Å². The molecule has 1 aromatic heterocycles. The zero-order valence-corrected chi connectivity index (χ0v) is 13.2. The van der Waals surface area contributed by atoms with E-state index in [1.54, 1.807) is 25.3 Å². The highest BCUT2D eigenvalue weighted by atomic mass is 16.5. The number of hydrogen-bond donors (Lipinski definition) is 1. The van der Waals surface area contributed by atoms with Crippen molar-refractivity contribution in [2.75, 3.05) is 7.11 Å². The van der Waals surface area contributed by atoms with Crippen molar-refractivity contribution in [3.63, 3.8) is 0 Å². The first-order chi connectivity index (χ1) is 9.74. The molecule has 0 bridgehead atoms. The molecule has 1 aromatic carbocycles. The van der Waals surface area contributed by atoms with E-state index in [9.17, 15) is 9.90 Å². The van der Waals surface area contributed by atoms with Crippen LogP contribution in [0.5, 0.6) is 0 Å². The summed E-state index contributed by atoms with van der Waals surface area (Å²) in [4.78, 5) is 15.9. The van der Waals surface area contributed by atoms with Gasteiger partial charge in [0.2, 0.25) is 0 Å². The van der Waals surface area contributed by atoms with Gasteiger partial charge in [-0.15, -0.1) is 0 Å². The van der Waals surface area contributed by atoms with E-state index in [-0.39, 0.29) is 17.1 Å². The second-order valence-corrected chi connectivity index (χ2v) is 6.35. The van der Waals surface area contributed by atoms with Crippen molar-refractivity contribution in [3.8, 4) is 0 Å². The van der Waals surface area contributed by atoms with Crippen molar-refractivity contribution in [3.05, 3.63) is 29.6 Å². The summed E-state index contributed by atoms with van der Waals surface area (Å²) in [5, 5.41) is 9.18. The molecule has 1 N–H and O–H groups in total. The van der Waals surface area contributed by atoms with E-state index in [1.807, 2.05) is 6.92 Å². The lowest BCUT2D eigenvalue weighted by Gasteiger charge is -2.22. The molecular formula is C16H22N2O3.